The molecule has 2 nitrogen and oxygen atoms in total. The molecule has 0 radical (unpaired) electrons. The van der Waals surface area contributed by atoms with Gasteiger partial charge in [0.2, 0.25) is 0 Å². The molecule has 0 unspecified atom stereocenters. The van der Waals surface area contributed by atoms with E-state index in [0.717, 1.165) is 24.0 Å². The zero-order chi connectivity index (χ0) is 14.0. The fourth-order valence-corrected chi connectivity index (χ4v) is 5.61. The lowest BCUT2D eigenvalue weighted by atomic mass is 10.1. The average Bonchev–Trinajstić information content (AvgIpc) is 2.89. The van der Waals surface area contributed by atoms with Crippen molar-refractivity contribution in [1.29, 1.82) is 0 Å². The van der Waals surface area contributed by atoms with Gasteiger partial charge < -0.3 is 4.90 Å². The maximum atomic E-state index is 6.50. The van der Waals surface area contributed by atoms with Gasteiger partial charge in [0, 0.05) is 17.0 Å². The molecule has 0 N–H and O–H groups in total. The van der Waals surface area contributed by atoms with Crippen molar-refractivity contribution in [2.45, 2.75) is 12.8 Å². The lowest BCUT2D eigenvalue weighted by molar-refractivity contribution is 0.645. The van der Waals surface area contributed by atoms with Crippen LogP contribution in [0.4, 0.5) is 0 Å². The molecule has 21 heavy (non-hydrogen) atoms. The van der Waals surface area contributed by atoms with E-state index in [1.165, 1.54) is 44.3 Å². The summed E-state index contributed by atoms with van der Waals surface area (Å²) < 4.78 is 1.19. The Balaban J connectivity index is 1.72. The van der Waals surface area contributed by atoms with Gasteiger partial charge in [0.15, 0.2) is 5.17 Å². The van der Waals surface area contributed by atoms with Gasteiger partial charge in [-0.1, -0.05) is 23.4 Å². The molecular formula is C16H13ClN2S2. The number of fused-ring (bicyclic) bond motifs is 2. The van der Waals surface area contributed by atoms with Gasteiger partial charge >= 0.3 is 0 Å². The van der Waals surface area contributed by atoms with Crippen molar-refractivity contribution in [3.63, 3.8) is 0 Å². The zero-order valence-corrected chi connectivity index (χ0v) is 13.7. The van der Waals surface area contributed by atoms with Crippen LogP contribution in [0.25, 0.3) is 15.8 Å². The molecule has 2 aliphatic heterocycles. The van der Waals surface area contributed by atoms with Crippen LogP contribution in [0.3, 0.4) is 0 Å². The van der Waals surface area contributed by atoms with Gasteiger partial charge in [-0.15, -0.1) is 11.3 Å². The standard InChI is InChI=1S/C16H13ClN2S2/c17-12-8-11(7-10-3-6-20-14(10)12)13-15(9-1-2-9)21-16-18-4-5-19(13)16/h3,6-9H,1-2,4-5H2. The molecule has 0 amide bonds. The number of aliphatic imine (C=N–C) groups is 1. The Hall–Kier alpha value is -0.970. The van der Waals surface area contributed by atoms with E-state index in [1.54, 1.807) is 11.3 Å². The second kappa shape index (κ2) is 4.51. The molecule has 0 saturated heterocycles. The summed E-state index contributed by atoms with van der Waals surface area (Å²) in [5, 5.41) is 5.42. The first kappa shape index (κ1) is 12.6. The molecule has 106 valence electrons. The molecule has 1 aromatic heterocycles. The van der Waals surface area contributed by atoms with E-state index in [-0.39, 0.29) is 0 Å². The summed E-state index contributed by atoms with van der Waals surface area (Å²) in [6.45, 7) is 1.92. The monoisotopic (exact) mass is 332 g/mol. The average molecular weight is 333 g/mol. The third-order valence-corrected chi connectivity index (χ3v) is 6.89. The minimum Gasteiger partial charge on any atom is -0.318 e. The van der Waals surface area contributed by atoms with Crippen LogP contribution in [0.5, 0.6) is 0 Å². The molecule has 5 rings (SSSR count). The topological polar surface area (TPSA) is 15.6 Å². The maximum Gasteiger partial charge on any atom is 0.168 e. The number of halogens is 1. The van der Waals surface area contributed by atoms with E-state index in [0.29, 0.717) is 0 Å². The Morgan fingerprint density at radius 2 is 2.19 bits per heavy atom. The van der Waals surface area contributed by atoms with Crippen LogP contribution in [-0.4, -0.2) is 23.2 Å². The van der Waals surface area contributed by atoms with Gasteiger partial charge in [0.1, 0.15) is 0 Å². The SMILES string of the molecule is Clc1cc(C2=C(C3CC3)SC3=NCCN32)cc2ccsc12. The maximum absolute atomic E-state index is 6.50. The predicted molar refractivity (Wildman–Crippen MR) is 93.1 cm³/mol. The molecule has 0 bridgehead atoms. The number of thioether (sulfide) groups is 1. The highest BCUT2D eigenvalue weighted by atomic mass is 35.5. The van der Waals surface area contributed by atoms with Gasteiger partial charge in [-0.25, -0.2) is 0 Å². The summed E-state index contributed by atoms with van der Waals surface area (Å²) in [5.41, 5.74) is 2.63. The Labute approximate surface area is 136 Å². The number of nitrogens with zero attached hydrogens (tertiary/aromatic N) is 2. The molecular weight excluding hydrogens is 320 g/mol. The Morgan fingerprint density at radius 3 is 3.05 bits per heavy atom. The van der Waals surface area contributed by atoms with Crippen molar-refractivity contribution in [2.75, 3.05) is 13.1 Å². The molecule has 1 aromatic carbocycles. The van der Waals surface area contributed by atoms with Crippen LogP contribution in [0.2, 0.25) is 5.02 Å². The van der Waals surface area contributed by atoms with E-state index in [2.05, 4.69) is 33.5 Å². The minimum absolute atomic E-state index is 0.746. The summed E-state index contributed by atoms with van der Waals surface area (Å²) >= 11 is 10.1. The highest BCUT2D eigenvalue weighted by molar-refractivity contribution is 8.17. The Bertz CT molecular complexity index is 817. The Morgan fingerprint density at radius 1 is 1.29 bits per heavy atom. The van der Waals surface area contributed by atoms with E-state index in [4.69, 9.17) is 11.6 Å². The van der Waals surface area contributed by atoms with Crippen molar-refractivity contribution >= 4 is 55.7 Å². The van der Waals surface area contributed by atoms with Crippen LogP contribution in [0.1, 0.15) is 18.4 Å². The van der Waals surface area contributed by atoms with Crippen LogP contribution in [-0.2, 0) is 0 Å². The minimum atomic E-state index is 0.746. The molecule has 2 aromatic rings. The molecule has 0 atom stereocenters. The van der Waals surface area contributed by atoms with Crippen molar-refractivity contribution in [3.8, 4) is 0 Å². The van der Waals surface area contributed by atoms with E-state index in [1.807, 2.05) is 11.8 Å². The van der Waals surface area contributed by atoms with Crippen LogP contribution >= 0.6 is 34.7 Å². The number of amidine groups is 1. The molecule has 3 aliphatic rings. The third kappa shape index (κ3) is 1.89. The van der Waals surface area contributed by atoms with Gasteiger partial charge in [0.25, 0.3) is 0 Å². The first-order chi connectivity index (χ1) is 10.3. The fraction of sp³-hybridized carbons (Fsp3) is 0.312. The first-order valence-electron chi connectivity index (χ1n) is 7.22. The molecule has 3 heterocycles. The van der Waals surface area contributed by atoms with Gasteiger partial charge in [-0.3, -0.25) is 4.99 Å². The highest BCUT2D eigenvalue weighted by Crippen LogP contribution is 2.53. The lowest BCUT2D eigenvalue weighted by Gasteiger charge is -2.18. The first-order valence-corrected chi connectivity index (χ1v) is 9.30. The fourth-order valence-electron chi connectivity index (χ4n) is 3.10. The van der Waals surface area contributed by atoms with Gasteiger partial charge in [-0.2, -0.15) is 0 Å². The van der Waals surface area contributed by atoms with E-state index in [9.17, 15) is 0 Å². The van der Waals surface area contributed by atoms with Crippen LogP contribution < -0.4 is 0 Å². The molecule has 0 spiro atoms. The highest BCUT2D eigenvalue weighted by Gasteiger charge is 2.40. The summed E-state index contributed by atoms with van der Waals surface area (Å²) in [7, 11) is 0. The van der Waals surface area contributed by atoms with Crippen LogP contribution in [0, 0.1) is 5.92 Å². The number of hydrogen-bond donors (Lipinski definition) is 0. The Kier molecular flexibility index (Phi) is 2.70. The molecule has 1 saturated carbocycles. The number of benzene rings is 1. The quantitative estimate of drug-likeness (QED) is 0.764. The summed E-state index contributed by atoms with van der Waals surface area (Å²) in [6.07, 6.45) is 2.64. The molecule has 1 fully saturated rings. The normalized spacial score (nSPS) is 21.4. The van der Waals surface area contributed by atoms with Gasteiger partial charge in [0.05, 0.1) is 22.0 Å². The van der Waals surface area contributed by atoms with Crippen molar-refractivity contribution in [2.24, 2.45) is 10.9 Å². The number of rotatable bonds is 2. The number of allylic oxidation sites excluding steroid dienone is 1. The summed E-state index contributed by atoms with van der Waals surface area (Å²) in [4.78, 5) is 8.55. The zero-order valence-electron chi connectivity index (χ0n) is 11.3. The van der Waals surface area contributed by atoms with Crippen molar-refractivity contribution < 1.29 is 0 Å². The van der Waals surface area contributed by atoms with E-state index >= 15 is 0 Å². The predicted octanol–water partition coefficient (Wildman–Crippen LogP) is 5.05. The van der Waals surface area contributed by atoms with Crippen LogP contribution in [0.15, 0.2) is 33.5 Å². The molecule has 1 aliphatic carbocycles. The lowest BCUT2D eigenvalue weighted by Crippen LogP contribution is -2.20. The largest absolute Gasteiger partial charge is 0.318 e. The summed E-state index contributed by atoms with van der Waals surface area (Å²) in [5.74, 6) is 0.746. The second-order valence-electron chi connectivity index (χ2n) is 5.70. The third-order valence-electron chi connectivity index (χ3n) is 4.23. The summed E-state index contributed by atoms with van der Waals surface area (Å²) in [6, 6.07) is 6.59. The number of hydrogen-bond acceptors (Lipinski definition) is 4. The smallest absolute Gasteiger partial charge is 0.168 e. The van der Waals surface area contributed by atoms with Crippen molar-refractivity contribution in [1.82, 2.24) is 4.90 Å². The number of thiophene rings is 1. The van der Waals surface area contributed by atoms with Gasteiger partial charge in [-0.05, 0) is 47.7 Å². The molecule has 5 heteroatoms. The van der Waals surface area contributed by atoms with Crippen molar-refractivity contribution in [3.05, 3.63) is 39.1 Å². The van der Waals surface area contributed by atoms with E-state index < -0.39 is 0 Å². The second-order valence-corrected chi connectivity index (χ2v) is 8.03.